The maximum atomic E-state index is 11.2. The number of carboxylic acids is 1. The van der Waals surface area contributed by atoms with E-state index in [-0.39, 0.29) is 0 Å². The van der Waals surface area contributed by atoms with Gasteiger partial charge >= 0.3 is 5.97 Å². The molecule has 0 bridgehead atoms. The lowest BCUT2D eigenvalue weighted by atomic mass is 10.3. The molecule has 0 fully saturated rings. The number of carbonyl (C=O) groups is 2. The van der Waals surface area contributed by atoms with Crippen molar-refractivity contribution in [3.63, 3.8) is 0 Å². The molecule has 0 radical (unpaired) electrons. The number of benzene rings is 1. The minimum atomic E-state index is -1.18. The Kier molecular flexibility index (Phi) is 5.83. The monoisotopic (exact) mass is 440 g/mol. The zero-order valence-electron chi connectivity index (χ0n) is 8.71. The van der Waals surface area contributed by atoms with E-state index < -0.39 is 11.9 Å². The highest BCUT2D eigenvalue weighted by Crippen LogP contribution is 2.33. The molecule has 8 heteroatoms. The van der Waals surface area contributed by atoms with Crippen molar-refractivity contribution >= 4 is 65.4 Å². The number of hydrazine groups is 1. The van der Waals surface area contributed by atoms with Crippen molar-refractivity contribution in [2.24, 2.45) is 0 Å². The van der Waals surface area contributed by atoms with Crippen molar-refractivity contribution in [2.75, 3.05) is 5.43 Å². The van der Waals surface area contributed by atoms with Crippen LogP contribution < -0.4 is 10.9 Å². The number of aliphatic carboxylic acids is 1. The minimum Gasteiger partial charge on any atom is -0.478 e. The molecule has 96 valence electrons. The second kappa shape index (κ2) is 6.91. The molecule has 0 atom stereocenters. The third-order valence-electron chi connectivity index (χ3n) is 1.69. The normalized spacial score (nSPS) is 10.4. The third-order valence-corrected chi connectivity index (χ3v) is 3.40. The zero-order valence-corrected chi connectivity index (χ0v) is 13.5. The van der Waals surface area contributed by atoms with E-state index >= 15 is 0 Å². The summed E-state index contributed by atoms with van der Waals surface area (Å²) in [7, 11) is 0. The van der Waals surface area contributed by atoms with Crippen molar-refractivity contribution < 1.29 is 14.7 Å². The lowest BCUT2D eigenvalue weighted by Gasteiger charge is -2.11. The summed E-state index contributed by atoms with van der Waals surface area (Å²) in [4.78, 5) is 21.5. The number of nitrogens with one attached hydrogen (secondary N) is 2. The summed E-state index contributed by atoms with van der Waals surface area (Å²) < 4.78 is 2.32. The molecule has 0 unspecified atom stereocenters. The molecule has 3 N–H and O–H groups in total. The lowest BCUT2D eigenvalue weighted by Crippen LogP contribution is -2.28. The molecular weight excluding hydrogens is 436 g/mol. The average Bonchev–Trinajstić information content (AvgIpc) is 2.24. The molecule has 0 saturated heterocycles. The Morgan fingerprint density at radius 3 is 2.17 bits per heavy atom. The predicted octanol–water partition coefficient (Wildman–Crippen LogP) is 3.06. The van der Waals surface area contributed by atoms with Gasteiger partial charge in [-0.2, -0.15) is 0 Å². The Morgan fingerprint density at radius 2 is 1.67 bits per heavy atom. The SMILES string of the molecule is O=C(O)/C=C\C(=O)NNc1c(Br)cc(Br)cc1Br. The van der Waals surface area contributed by atoms with Crippen molar-refractivity contribution in [3.05, 3.63) is 37.7 Å². The molecule has 1 amide bonds. The van der Waals surface area contributed by atoms with E-state index in [4.69, 9.17) is 5.11 Å². The Balaban J connectivity index is 2.70. The number of amides is 1. The Bertz CT molecular complexity index is 494. The van der Waals surface area contributed by atoms with Gasteiger partial charge in [-0.15, -0.1) is 0 Å². The summed E-state index contributed by atoms with van der Waals surface area (Å²) >= 11 is 9.97. The predicted molar refractivity (Wildman–Crippen MR) is 78.1 cm³/mol. The fourth-order valence-electron chi connectivity index (χ4n) is 0.974. The summed E-state index contributed by atoms with van der Waals surface area (Å²) in [5.74, 6) is -1.75. The Morgan fingerprint density at radius 1 is 1.11 bits per heavy atom. The van der Waals surface area contributed by atoms with Crippen LogP contribution in [0.15, 0.2) is 37.7 Å². The molecule has 0 aliphatic rings. The molecule has 0 spiro atoms. The fourth-order valence-corrected chi connectivity index (χ4v) is 3.43. The van der Waals surface area contributed by atoms with Gasteiger partial charge in [-0.3, -0.25) is 15.6 Å². The summed E-state index contributed by atoms with van der Waals surface area (Å²) in [5, 5.41) is 8.36. The molecule has 0 aliphatic carbocycles. The second-order valence-electron chi connectivity index (χ2n) is 3.03. The van der Waals surface area contributed by atoms with Crippen LogP contribution in [0.25, 0.3) is 0 Å². The molecule has 1 aromatic carbocycles. The van der Waals surface area contributed by atoms with Crippen LogP contribution in [-0.2, 0) is 9.59 Å². The van der Waals surface area contributed by atoms with E-state index in [0.29, 0.717) is 5.69 Å². The van der Waals surface area contributed by atoms with Crippen molar-refractivity contribution in [3.8, 4) is 0 Å². The largest absolute Gasteiger partial charge is 0.478 e. The van der Waals surface area contributed by atoms with Crippen molar-refractivity contribution in [1.82, 2.24) is 5.43 Å². The van der Waals surface area contributed by atoms with Gasteiger partial charge in [-0.1, -0.05) is 15.9 Å². The van der Waals surface area contributed by atoms with Gasteiger partial charge in [-0.25, -0.2) is 4.79 Å². The number of rotatable bonds is 4. The fraction of sp³-hybridized carbons (Fsp3) is 0. The quantitative estimate of drug-likeness (QED) is 0.494. The minimum absolute atomic E-state index is 0.570. The van der Waals surface area contributed by atoms with Crippen LogP contribution in [0, 0.1) is 0 Å². The van der Waals surface area contributed by atoms with Gasteiger partial charge < -0.3 is 5.11 Å². The third kappa shape index (κ3) is 4.79. The highest BCUT2D eigenvalue weighted by Gasteiger charge is 2.07. The highest BCUT2D eigenvalue weighted by molar-refractivity contribution is 9.11. The first-order valence-corrected chi connectivity index (χ1v) is 6.89. The van der Waals surface area contributed by atoms with E-state index in [0.717, 1.165) is 25.6 Å². The number of halogens is 3. The number of carboxylic acid groups (broad SMARTS) is 1. The number of anilines is 1. The average molecular weight is 443 g/mol. The molecule has 5 nitrogen and oxygen atoms in total. The summed E-state index contributed by atoms with van der Waals surface area (Å²) in [6.07, 6.45) is 1.67. The summed E-state index contributed by atoms with van der Waals surface area (Å²) in [5.41, 5.74) is 5.64. The van der Waals surface area contributed by atoms with Gasteiger partial charge in [0.15, 0.2) is 0 Å². The number of hydrogen-bond donors (Lipinski definition) is 3. The standard InChI is InChI=1S/C10H7Br3N2O3/c11-5-3-6(12)10(7(13)4-5)15-14-8(16)1-2-9(17)18/h1-4,15H,(H,14,16)(H,17,18)/b2-1-. The van der Waals surface area contributed by atoms with Crippen LogP contribution in [0.3, 0.4) is 0 Å². The van der Waals surface area contributed by atoms with Crippen molar-refractivity contribution in [2.45, 2.75) is 0 Å². The number of hydrogen-bond acceptors (Lipinski definition) is 3. The first-order chi connectivity index (χ1) is 8.40. The van der Waals surface area contributed by atoms with Crippen LogP contribution in [0.1, 0.15) is 0 Å². The molecule has 1 aromatic rings. The van der Waals surface area contributed by atoms with Crippen LogP contribution in [-0.4, -0.2) is 17.0 Å². The first kappa shape index (κ1) is 15.2. The van der Waals surface area contributed by atoms with Gasteiger partial charge in [-0.05, 0) is 44.0 Å². The molecule has 1 rings (SSSR count). The van der Waals surface area contributed by atoms with Gasteiger partial charge in [0, 0.05) is 25.6 Å². The smallest absolute Gasteiger partial charge is 0.328 e. The topological polar surface area (TPSA) is 78.4 Å². The molecule has 0 aliphatic heterocycles. The van der Waals surface area contributed by atoms with Crippen LogP contribution >= 0.6 is 47.8 Å². The molecular formula is C10H7Br3N2O3. The summed E-state index contributed by atoms with van der Waals surface area (Å²) in [6, 6.07) is 3.60. The Hall–Kier alpha value is -0.860. The number of carbonyl (C=O) groups excluding carboxylic acids is 1. The van der Waals surface area contributed by atoms with E-state index in [2.05, 4.69) is 58.6 Å². The molecule has 0 aromatic heterocycles. The van der Waals surface area contributed by atoms with Gasteiger partial charge in [0.1, 0.15) is 0 Å². The van der Waals surface area contributed by atoms with Gasteiger partial charge in [0.05, 0.1) is 5.69 Å². The second-order valence-corrected chi connectivity index (χ2v) is 5.65. The lowest BCUT2D eigenvalue weighted by molar-refractivity contribution is -0.131. The first-order valence-electron chi connectivity index (χ1n) is 4.51. The van der Waals surface area contributed by atoms with Crippen LogP contribution in [0.5, 0.6) is 0 Å². The maximum absolute atomic E-state index is 11.2. The van der Waals surface area contributed by atoms with Gasteiger partial charge in [0.2, 0.25) is 0 Å². The molecule has 0 heterocycles. The zero-order chi connectivity index (χ0) is 13.7. The summed E-state index contributed by atoms with van der Waals surface area (Å²) in [6.45, 7) is 0. The van der Waals surface area contributed by atoms with E-state index in [9.17, 15) is 9.59 Å². The van der Waals surface area contributed by atoms with E-state index in [1.54, 1.807) is 12.1 Å². The Labute approximate surface area is 128 Å². The molecule has 0 saturated carbocycles. The highest BCUT2D eigenvalue weighted by atomic mass is 79.9. The van der Waals surface area contributed by atoms with Crippen LogP contribution in [0.4, 0.5) is 5.69 Å². The van der Waals surface area contributed by atoms with E-state index in [1.165, 1.54) is 0 Å². The molecule has 18 heavy (non-hydrogen) atoms. The van der Waals surface area contributed by atoms with Crippen molar-refractivity contribution in [1.29, 1.82) is 0 Å². The van der Waals surface area contributed by atoms with Gasteiger partial charge in [0.25, 0.3) is 5.91 Å². The van der Waals surface area contributed by atoms with Crippen LogP contribution in [0.2, 0.25) is 0 Å². The van der Waals surface area contributed by atoms with E-state index in [1.807, 2.05) is 0 Å². The maximum Gasteiger partial charge on any atom is 0.328 e.